The first kappa shape index (κ1) is 18.4. The fraction of sp³-hybridized carbons (Fsp3) is 0.316. The predicted octanol–water partition coefficient (Wildman–Crippen LogP) is 3.12. The van der Waals surface area contributed by atoms with Gasteiger partial charge in [-0.3, -0.25) is 0 Å². The van der Waals surface area contributed by atoms with Crippen LogP contribution in [0.15, 0.2) is 47.6 Å². The predicted molar refractivity (Wildman–Crippen MR) is 102 cm³/mol. The molecule has 1 N–H and O–H groups in total. The van der Waals surface area contributed by atoms with Crippen LogP contribution in [0.3, 0.4) is 0 Å². The van der Waals surface area contributed by atoms with Crippen LogP contribution >= 0.6 is 11.8 Å². The Morgan fingerprint density at radius 3 is 2.73 bits per heavy atom. The lowest BCUT2D eigenvalue weighted by Crippen LogP contribution is -2.20. The number of aliphatic hydroxyl groups is 1. The third kappa shape index (κ3) is 4.42. The molecular formula is C19H22N4O2S. The molecule has 0 aliphatic carbocycles. The van der Waals surface area contributed by atoms with Crippen LogP contribution in [0, 0.1) is 20.8 Å². The van der Waals surface area contributed by atoms with Crippen molar-refractivity contribution in [3.05, 3.63) is 59.2 Å². The van der Waals surface area contributed by atoms with Gasteiger partial charge in [0.1, 0.15) is 12.4 Å². The molecule has 0 bridgehead atoms. The molecule has 7 heteroatoms. The molecule has 0 aliphatic rings. The van der Waals surface area contributed by atoms with E-state index in [0.29, 0.717) is 10.9 Å². The third-order valence-electron chi connectivity index (χ3n) is 3.96. The van der Waals surface area contributed by atoms with E-state index < -0.39 is 6.10 Å². The van der Waals surface area contributed by atoms with Gasteiger partial charge in [0.15, 0.2) is 0 Å². The van der Waals surface area contributed by atoms with Crippen LogP contribution in [-0.4, -0.2) is 43.8 Å². The summed E-state index contributed by atoms with van der Waals surface area (Å²) in [5.74, 6) is 1.23. The zero-order chi connectivity index (χ0) is 18.5. The van der Waals surface area contributed by atoms with Gasteiger partial charge in [0, 0.05) is 5.75 Å². The summed E-state index contributed by atoms with van der Waals surface area (Å²) < 4.78 is 7.41. The SMILES string of the molecule is Cc1ccc(C)c(-n2nnnc2SC[C@H](O)COc2ccccc2C)c1. The summed E-state index contributed by atoms with van der Waals surface area (Å²) in [6, 6.07) is 13.9. The first-order valence-corrected chi connectivity index (χ1v) is 9.38. The molecule has 1 heterocycles. The molecule has 6 nitrogen and oxygen atoms in total. The van der Waals surface area contributed by atoms with E-state index in [1.54, 1.807) is 4.68 Å². The minimum atomic E-state index is -0.622. The molecule has 0 spiro atoms. The summed E-state index contributed by atoms with van der Waals surface area (Å²) in [7, 11) is 0. The lowest BCUT2D eigenvalue weighted by Gasteiger charge is -2.13. The van der Waals surface area contributed by atoms with Crippen molar-refractivity contribution in [2.24, 2.45) is 0 Å². The monoisotopic (exact) mass is 370 g/mol. The molecule has 0 amide bonds. The van der Waals surface area contributed by atoms with Crippen LogP contribution in [0.25, 0.3) is 5.69 Å². The lowest BCUT2D eigenvalue weighted by atomic mass is 10.1. The number of thioether (sulfide) groups is 1. The zero-order valence-corrected chi connectivity index (χ0v) is 15.9. The topological polar surface area (TPSA) is 73.1 Å². The van der Waals surface area contributed by atoms with E-state index in [2.05, 4.69) is 21.6 Å². The van der Waals surface area contributed by atoms with Crippen LogP contribution in [0.1, 0.15) is 16.7 Å². The number of hydrogen-bond acceptors (Lipinski definition) is 6. The van der Waals surface area contributed by atoms with Crippen LogP contribution in [-0.2, 0) is 0 Å². The highest BCUT2D eigenvalue weighted by Crippen LogP contribution is 2.22. The van der Waals surface area contributed by atoms with Gasteiger partial charge in [0.2, 0.25) is 5.16 Å². The van der Waals surface area contributed by atoms with Crippen molar-refractivity contribution < 1.29 is 9.84 Å². The van der Waals surface area contributed by atoms with E-state index in [0.717, 1.165) is 28.1 Å². The van der Waals surface area contributed by atoms with Gasteiger partial charge in [0.25, 0.3) is 0 Å². The second kappa shape index (κ2) is 8.33. The molecule has 0 aliphatic heterocycles. The van der Waals surface area contributed by atoms with E-state index in [-0.39, 0.29) is 6.61 Å². The summed E-state index contributed by atoms with van der Waals surface area (Å²) in [5.41, 5.74) is 4.23. The Kier molecular flexibility index (Phi) is 5.90. The van der Waals surface area contributed by atoms with Gasteiger partial charge in [-0.25, -0.2) is 0 Å². The van der Waals surface area contributed by atoms with Gasteiger partial charge in [-0.05, 0) is 60.0 Å². The minimum absolute atomic E-state index is 0.225. The molecule has 2 aromatic carbocycles. The average molecular weight is 370 g/mol. The quantitative estimate of drug-likeness (QED) is 0.644. The maximum atomic E-state index is 10.2. The Morgan fingerprint density at radius 1 is 1.12 bits per heavy atom. The van der Waals surface area contributed by atoms with Crippen LogP contribution < -0.4 is 4.74 Å². The van der Waals surface area contributed by atoms with Crippen molar-refractivity contribution in [1.29, 1.82) is 0 Å². The van der Waals surface area contributed by atoms with Crippen LogP contribution in [0.2, 0.25) is 0 Å². The standard InChI is InChI=1S/C19H22N4O2S/c1-13-8-9-14(2)17(10-13)23-19(20-21-22-23)26-12-16(24)11-25-18-7-5-4-6-15(18)3/h4-10,16,24H,11-12H2,1-3H3/t16-/m1/s1. The van der Waals surface area contributed by atoms with Crippen molar-refractivity contribution in [3.63, 3.8) is 0 Å². The summed E-state index contributed by atoms with van der Waals surface area (Å²) >= 11 is 1.41. The molecule has 0 radical (unpaired) electrons. The summed E-state index contributed by atoms with van der Waals surface area (Å²) in [6.45, 7) is 6.26. The Bertz CT molecular complexity index is 881. The Hall–Kier alpha value is -2.38. The first-order chi connectivity index (χ1) is 12.5. The van der Waals surface area contributed by atoms with Crippen LogP contribution in [0.4, 0.5) is 0 Å². The van der Waals surface area contributed by atoms with Gasteiger partial charge in [-0.1, -0.05) is 42.1 Å². The number of nitrogens with zero attached hydrogens (tertiary/aromatic N) is 4. The molecule has 1 atom stereocenters. The molecule has 3 rings (SSSR count). The number of hydrogen-bond donors (Lipinski definition) is 1. The number of aromatic nitrogens is 4. The second-order valence-electron chi connectivity index (χ2n) is 6.20. The van der Waals surface area contributed by atoms with Crippen molar-refractivity contribution in [3.8, 4) is 11.4 Å². The smallest absolute Gasteiger partial charge is 0.214 e. The number of rotatable bonds is 7. The fourth-order valence-electron chi connectivity index (χ4n) is 2.49. The van der Waals surface area contributed by atoms with Crippen LogP contribution in [0.5, 0.6) is 5.75 Å². The van der Waals surface area contributed by atoms with Gasteiger partial charge < -0.3 is 9.84 Å². The second-order valence-corrected chi connectivity index (χ2v) is 7.19. The highest BCUT2D eigenvalue weighted by Gasteiger charge is 2.14. The molecule has 0 fully saturated rings. The van der Waals surface area contributed by atoms with Gasteiger partial charge in [-0.2, -0.15) is 4.68 Å². The number of tetrazole rings is 1. The van der Waals surface area contributed by atoms with Crippen molar-refractivity contribution in [2.75, 3.05) is 12.4 Å². The van der Waals surface area contributed by atoms with Crippen molar-refractivity contribution in [2.45, 2.75) is 32.0 Å². The minimum Gasteiger partial charge on any atom is -0.491 e. The number of para-hydroxylation sites is 1. The van der Waals surface area contributed by atoms with E-state index in [9.17, 15) is 5.11 Å². The Morgan fingerprint density at radius 2 is 1.92 bits per heavy atom. The highest BCUT2D eigenvalue weighted by atomic mass is 32.2. The first-order valence-electron chi connectivity index (χ1n) is 8.40. The van der Waals surface area contributed by atoms with E-state index in [1.807, 2.05) is 57.2 Å². The number of benzene rings is 2. The normalized spacial score (nSPS) is 12.2. The van der Waals surface area contributed by atoms with Crippen molar-refractivity contribution >= 4 is 11.8 Å². The molecular weight excluding hydrogens is 348 g/mol. The number of aryl methyl sites for hydroxylation is 3. The molecule has 0 saturated heterocycles. The van der Waals surface area contributed by atoms with Gasteiger partial charge in [0.05, 0.1) is 11.8 Å². The van der Waals surface area contributed by atoms with E-state index >= 15 is 0 Å². The van der Waals surface area contributed by atoms with Gasteiger partial charge in [-0.15, -0.1) is 5.10 Å². The molecule has 3 aromatic rings. The third-order valence-corrected chi connectivity index (χ3v) is 5.03. The summed E-state index contributed by atoms with van der Waals surface area (Å²) in [4.78, 5) is 0. The fourth-order valence-corrected chi connectivity index (χ4v) is 3.28. The zero-order valence-electron chi connectivity index (χ0n) is 15.1. The average Bonchev–Trinajstić information content (AvgIpc) is 3.09. The highest BCUT2D eigenvalue weighted by molar-refractivity contribution is 7.99. The maximum Gasteiger partial charge on any atom is 0.214 e. The molecule has 136 valence electrons. The Balaban J connectivity index is 1.61. The number of aliphatic hydroxyl groups excluding tert-OH is 1. The number of ether oxygens (including phenoxy) is 1. The van der Waals surface area contributed by atoms with Crippen molar-refractivity contribution in [1.82, 2.24) is 20.2 Å². The molecule has 0 unspecified atom stereocenters. The molecule has 26 heavy (non-hydrogen) atoms. The maximum absolute atomic E-state index is 10.2. The molecule has 0 saturated carbocycles. The summed E-state index contributed by atoms with van der Waals surface area (Å²) in [5, 5.41) is 22.8. The summed E-state index contributed by atoms with van der Waals surface area (Å²) in [6.07, 6.45) is -0.622. The molecule has 1 aromatic heterocycles. The lowest BCUT2D eigenvalue weighted by molar-refractivity contribution is 0.126. The van der Waals surface area contributed by atoms with E-state index in [4.69, 9.17) is 4.74 Å². The van der Waals surface area contributed by atoms with E-state index in [1.165, 1.54) is 11.8 Å². The Labute approximate surface area is 157 Å². The van der Waals surface area contributed by atoms with Gasteiger partial charge >= 0.3 is 0 Å². The largest absolute Gasteiger partial charge is 0.491 e.